The van der Waals surface area contributed by atoms with Crippen LogP contribution in [0.1, 0.15) is 74.6 Å². The van der Waals surface area contributed by atoms with Crippen molar-refractivity contribution in [3.8, 4) is 5.75 Å². The van der Waals surface area contributed by atoms with Gasteiger partial charge in [0.25, 0.3) is 0 Å². The molecule has 1 unspecified atom stereocenters. The quantitative estimate of drug-likeness (QED) is 0.161. The number of hydrogen-bond donors (Lipinski definition) is 0. The van der Waals surface area contributed by atoms with Crippen molar-refractivity contribution in [1.82, 2.24) is 9.55 Å². The molecule has 13 nitrogen and oxygen atoms in total. The first-order chi connectivity index (χ1) is 23.0. The van der Waals surface area contributed by atoms with Crippen molar-refractivity contribution in [2.75, 3.05) is 23.9 Å². The van der Waals surface area contributed by atoms with Crippen LogP contribution in [-0.4, -0.2) is 68.4 Å². The summed E-state index contributed by atoms with van der Waals surface area (Å²) in [4.78, 5) is 56.0. The van der Waals surface area contributed by atoms with E-state index in [-0.39, 0.29) is 35.6 Å². The molecule has 1 aliphatic heterocycles. The van der Waals surface area contributed by atoms with Crippen molar-refractivity contribution in [3.63, 3.8) is 0 Å². The Hall–Kier alpha value is -2.91. The second-order valence-electron chi connectivity index (χ2n) is 14.5. The molecule has 1 aromatic heterocycles. The van der Waals surface area contributed by atoms with Gasteiger partial charge in [-0.1, -0.05) is 57.7 Å². The van der Waals surface area contributed by atoms with E-state index in [1.54, 1.807) is 99.6 Å². The van der Waals surface area contributed by atoms with Gasteiger partial charge in [-0.05, 0) is 59.7 Å². The Morgan fingerprint density at radius 1 is 0.960 bits per heavy atom. The zero-order valence-electron chi connectivity index (χ0n) is 30.0. The minimum atomic E-state index is -4.24. The third-order valence-corrected chi connectivity index (χ3v) is 11.0. The van der Waals surface area contributed by atoms with E-state index in [0.29, 0.717) is 4.90 Å². The molecule has 278 valence electrons. The molecule has 2 aromatic rings. The molecule has 1 aromatic carbocycles. The van der Waals surface area contributed by atoms with Gasteiger partial charge in [-0.15, -0.1) is 11.8 Å². The fourth-order valence-electron chi connectivity index (χ4n) is 4.22. The van der Waals surface area contributed by atoms with Crippen LogP contribution in [0, 0.1) is 11.3 Å². The fourth-order valence-corrected chi connectivity index (χ4v) is 8.04. The molecule has 0 bridgehead atoms. The number of carbonyl (C=O) groups is 3. The molecular formula is C33H47FN3O10PS2. The number of nitrogens with zero attached hydrogens (tertiary/aromatic N) is 3. The van der Waals surface area contributed by atoms with Crippen molar-refractivity contribution < 1.29 is 46.4 Å². The SMILES string of the molecule is C[C@H]1[C@H](F)[C@H](n2ccc(N(C(=O)OC(C)(C)C)C(=O)OC(C)(C)C)nc2=O)S[C@@H]1COP(=O)(OCCSC(=O)C(C)(C)C)Oc1ccccc1. The molecule has 5 atom stereocenters. The van der Waals surface area contributed by atoms with E-state index in [9.17, 15) is 23.7 Å². The number of halogens is 1. The Balaban J connectivity index is 1.78. The number of amides is 2. The summed E-state index contributed by atoms with van der Waals surface area (Å²) in [5.74, 6) is -0.607. The van der Waals surface area contributed by atoms with Gasteiger partial charge in [-0.2, -0.15) is 9.88 Å². The van der Waals surface area contributed by atoms with Crippen LogP contribution in [0.5, 0.6) is 5.75 Å². The number of carbonyl (C=O) groups excluding carboxylic acids is 3. The smallest absolute Gasteiger partial charge is 0.443 e. The lowest BCUT2D eigenvalue weighted by atomic mass is 10.00. The number of rotatable bonds is 11. The van der Waals surface area contributed by atoms with E-state index in [2.05, 4.69) is 4.98 Å². The van der Waals surface area contributed by atoms with Gasteiger partial charge in [0.1, 0.15) is 28.5 Å². The van der Waals surface area contributed by atoms with Crippen molar-refractivity contribution in [3.05, 3.63) is 53.1 Å². The maximum atomic E-state index is 15.8. The molecule has 1 fully saturated rings. The van der Waals surface area contributed by atoms with Crippen LogP contribution in [0.15, 0.2) is 47.4 Å². The predicted octanol–water partition coefficient (Wildman–Crippen LogP) is 8.03. The minimum Gasteiger partial charge on any atom is -0.443 e. The first-order valence-corrected chi connectivity index (χ1v) is 19.3. The molecule has 3 rings (SSSR count). The minimum absolute atomic E-state index is 0.0582. The Morgan fingerprint density at radius 2 is 1.54 bits per heavy atom. The Kier molecular flexibility index (Phi) is 13.8. The molecule has 1 saturated heterocycles. The number of para-hydroxylation sites is 1. The predicted molar refractivity (Wildman–Crippen MR) is 191 cm³/mol. The third-order valence-electron chi connectivity index (χ3n) is 6.68. The number of phosphoric acid groups is 1. The topological polar surface area (TPSA) is 153 Å². The van der Waals surface area contributed by atoms with Crippen molar-refractivity contribution in [2.24, 2.45) is 11.3 Å². The van der Waals surface area contributed by atoms with Crippen LogP contribution in [-0.2, 0) is 27.9 Å². The first kappa shape index (κ1) is 41.5. The van der Waals surface area contributed by atoms with E-state index in [0.717, 1.165) is 28.1 Å². The van der Waals surface area contributed by atoms with Gasteiger partial charge in [-0.25, -0.2) is 23.3 Å². The second-order valence-corrected chi connectivity index (χ2v) is 18.5. The third kappa shape index (κ3) is 12.1. The molecule has 17 heteroatoms. The highest BCUT2D eigenvalue weighted by molar-refractivity contribution is 8.13. The number of aromatic nitrogens is 2. The highest BCUT2D eigenvalue weighted by Gasteiger charge is 2.45. The van der Waals surface area contributed by atoms with Gasteiger partial charge in [-0.3, -0.25) is 18.4 Å². The van der Waals surface area contributed by atoms with Crippen LogP contribution >= 0.6 is 31.3 Å². The van der Waals surface area contributed by atoms with Gasteiger partial charge in [0, 0.05) is 28.5 Å². The maximum Gasteiger partial charge on any atom is 0.530 e. The number of imide groups is 1. The van der Waals surface area contributed by atoms with Gasteiger partial charge in [0.2, 0.25) is 0 Å². The van der Waals surface area contributed by atoms with Crippen LogP contribution in [0.3, 0.4) is 0 Å². The van der Waals surface area contributed by atoms with Crippen molar-refractivity contribution >= 4 is 54.5 Å². The largest absolute Gasteiger partial charge is 0.530 e. The lowest BCUT2D eigenvalue weighted by Gasteiger charge is -2.28. The van der Waals surface area contributed by atoms with Crippen LogP contribution in [0.25, 0.3) is 0 Å². The molecule has 0 saturated carbocycles. The van der Waals surface area contributed by atoms with Crippen LogP contribution in [0.4, 0.5) is 19.8 Å². The number of hydrogen-bond acceptors (Lipinski definition) is 13. The zero-order valence-corrected chi connectivity index (χ0v) is 32.6. The number of phosphoric ester groups is 1. The average Bonchev–Trinajstić information content (AvgIpc) is 3.25. The molecule has 0 aliphatic carbocycles. The normalized spacial score (nSPS) is 20.9. The van der Waals surface area contributed by atoms with Gasteiger partial charge in [0.05, 0.1) is 13.2 Å². The first-order valence-electron chi connectivity index (χ1n) is 16.0. The molecule has 1 aliphatic rings. The number of alkyl halides is 1. The second kappa shape index (κ2) is 16.6. The van der Waals surface area contributed by atoms with E-state index >= 15 is 4.39 Å². The number of ether oxygens (including phenoxy) is 2. The summed E-state index contributed by atoms with van der Waals surface area (Å²) in [6.07, 6.45) is -2.55. The molecule has 0 spiro atoms. The number of thioether (sulfide) groups is 2. The summed E-state index contributed by atoms with van der Waals surface area (Å²) < 4.78 is 58.2. The van der Waals surface area contributed by atoms with Gasteiger partial charge < -0.3 is 14.0 Å². The Labute approximate surface area is 300 Å². The van der Waals surface area contributed by atoms with Crippen LogP contribution in [0.2, 0.25) is 0 Å². The lowest BCUT2D eigenvalue weighted by Crippen LogP contribution is -2.45. The monoisotopic (exact) mass is 759 g/mol. The summed E-state index contributed by atoms with van der Waals surface area (Å²) in [7, 11) is -4.24. The van der Waals surface area contributed by atoms with Crippen molar-refractivity contribution in [2.45, 2.75) is 97.2 Å². The molecule has 0 radical (unpaired) electrons. The fraction of sp³-hybridized carbons (Fsp3) is 0.606. The lowest BCUT2D eigenvalue weighted by molar-refractivity contribution is -0.117. The molecule has 2 amide bonds. The highest BCUT2D eigenvalue weighted by Crippen LogP contribution is 2.53. The maximum absolute atomic E-state index is 15.8. The van der Waals surface area contributed by atoms with E-state index in [4.69, 9.17) is 23.0 Å². The summed E-state index contributed by atoms with van der Waals surface area (Å²) in [5, 5.41) is -1.73. The molecule has 0 N–H and O–H groups in total. The molecule has 50 heavy (non-hydrogen) atoms. The summed E-state index contributed by atoms with van der Waals surface area (Å²) >= 11 is 2.11. The standard InChI is InChI=1S/C33H47FN3O10PS2/c1-21-23(20-44-48(42,47-22-14-12-11-13-15-22)43-18-19-49-27(38)31(2,3)4)50-26(25(21)34)36-17-16-24(35-28(36)39)37(29(40)45-32(5,6)7)30(41)46-33(8,9)10/h11-17,21,23,25-26H,18-20H2,1-10H3/t21-,23-,25+,26-,48?/m1/s1. The summed E-state index contributed by atoms with van der Waals surface area (Å²) in [6.45, 7) is 16.3. The summed E-state index contributed by atoms with van der Waals surface area (Å²) in [6, 6.07) is 9.49. The van der Waals surface area contributed by atoms with Crippen LogP contribution < -0.4 is 15.1 Å². The molecular weight excluding hydrogens is 712 g/mol. The highest BCUT2D eigenvalue weighted by atomic mass is 32.2. The number of anilines is 1. The van der Waals surface area contributed by atoms with E-state index in [1.165, 1.54) is 12.3 Å². The molecule has 2 heterocycles. The Bertz CT molecular complexity index is 1580. The average molecular weight is 760 g/mol. The zero-order chi connectivity index (χ0) is 37.7. The van der Waals surface area contributed by atoms with Crippen molar-refractivity contribution in [1.29, 1.82) is 0 Å². The van der Waals surface area contributed by atoms with E-state index < -0.39 is 65.0 Å². The Morgan fingerprint density at radius 3 is 2.06 bits per heavy atom. The number of benzene rings is 1. The van der Waals surface area contributed by atoms with Gasteiger partial charge >= 0.3 is 25.7 Å². The van der Waals surface area contributed by atoms with Gasteiger partial charge in [0.15, 0.2) is 10.9 Å². The summed E-state index contributed by atoms with van der Waals surface area (Å²) in [5.41, 5.74) is -3.45. The van der Waals surface area contributed by atoms with E-state index in [1.807, 2.05) is 0 Å².